The lowest BCUT2D eigenvalue weighted by molar-refractivity contribution is -0.130. The van der Waals surface area contributed by atoms with E-state index in [1.165, 1.54) is 11.3 Å². The monoisotopic (exact) mass is 424 g/mol. The van der Waals surface area contributed by atoms with Gasteiger partial charge >= 0.3 is 0 Å². The molecule has 2 aromatic rings. The van der Waals surface area contributed by atoms with Crippen molar-refractivity contribution < 1.29 is 9.59 Å². The Bertz CT molecular complexity index is 724. The number of nitrogens with zero attached hydrogens (tertiary/aromatic N) is 1. The van der Waals surface area contributed by atoms with E-state index in [2.05, 4.69) is 21.2 Å². The maximum absolute atomic E-state index is 12.3. The molecule has 24 heavy (non-hydrogen) atoms. The van der Waals surface area contributed by atoms with E-state index in [0.29, 0.717) is 11.3 Å². The minimum atomic E-state index is -0.133. The van der Waals surface area contributed by atoms with E-state index < -0.39 is 0 Å². The number of benzene rings is 1. The summed E-state index contributed by atoms with van der Waals surface area (Å²) in [4.78, 5) is 27.0. The average Bonchev–Trinajstić information content (AvgIpc) is 3.03. The Balaban J connectivity index is 1.58. The number of thiophene rings is 1. The molecule has 0 aliphatic carbocycles. The van der Waals surface area contributed by atoms with E-state index in [-0.39, 0.29) is 11.8 Å². The van der Waals surface area contributed by atoms with Crippen molar-refractivity contribution in [1.82, 2.24) is 4.90 Å². The number of anilines is 1. The summed E-state index contributed by atoms with van der Waals surface area (Å²) in [6, 6.07) is 9.33. The van der Waals surface area contributed by atoms with Gasteiger partial charge in [-0.3, -0.25) is 9.59 Å². The van der Waals surface area contributed by atoms with Gasteiger partial charge in [0.2, 0.25) is 5.91 Å². The van der Waals surface area contributed by atoms with Crippen molar-refractivity contribution in [3.05, 3.63) is 50.6 Å². The molecule has 4 nitrogen and oxygen atoms in total. The van der Waals surface area contributed by atoms with Gasteiger partial charge in [0.15, 0.2) is 0 Å². The molecule has 3 rings (SSSR count). The fourth-order valence-corrected chi connectivity index (χ4v) is 4.80. The number of rotatable bonds is 4. The second-order valence-electron chi connectivity index (χ2n) is 5.42. The van der Waals surface area contributed by atoms with Crippen molar-refractivity contribution in [3.63, 3.8) is 0 Å². The first kappa shape index (κ1) is 17.5. The Labute approximate surface area is 157 Å². The number of hydrogen-bond acceptors (Lipinski definition) is 4. The molecule has 0 saturated carbocycles. The van der Waals surface area contributed by atoms with Crippen LogP contribution >= 0.6 is 39.0 Å². The summed E-state index contributed by atoms with van der Waals surface area (Å²) in [5, 5.41) is 4.74. The second kappa shape index (κ2) is 8.18. The summed E-state index contributed by atoms with van der Waals surface area (Å²) in [6.07, 6.45) is 0.412. The van der Waals surface area contributed by atoms with Crippen molar-refractivity contribution in [1.29, 1.82) is 0 Å². The molecule has 1 saturated heterocycles. The third-order valence-corrected chi connectivity index (χ3v) is 6.53. The van der Waals surface area contributed by atoms with E-state index in [0.717, 1.165) is 40.3 Å². The molecule has 1 aliphatic heterocycles. The first-order valence-corrected chi connectivity index (χ1v) is 10.4. The predicted molar refractivity (Wildman–Crippen MR) is 104 cm³/mol. The summed E-state index contributed by atoms with van der Waals surface area (Å²) < 4.78 is 0.798. The minimum Gasteiger partial charge on any atom is -0.341 e. The van der Waals surface area contributed by atoms with Crippen LogP contribution in [0.5, 0.6) is 0 Å². The SMILES string of the molecule is O=C(Nc1ccc(CC(=O)N2CCSCC2)cc1)c1sccc1Br. The van der Waals surface area contributed by atoms with E-state index in [1.807, 2.05) is 52.4 Å². The smallest absolute Gasteiger partial charge is 0.266 e. The van der Waals surface area contributed by atoms with Crippen molar-refractivity contribution in [2.24, 2.45) is 0 Å². The average molecular weight is 425 g/mol. The lowest BCUT2D eigenvalue weighted by atomic mass is 10.1. The summed E-state index contributed by atoms with van der Waals surface area (Å²) in [5.74, 6) is 2.09. The number of hydrogen-bond donors (Lipinski definition) is 1. The quantitative estimate of drug-likeness (QED) is 0.809. The topological polar surface area (TPSA) is 49.4 Å². The van der Waals surface area contributed by atoms with Crippen molar-refractivity contribution in [2.75, 3.05) is 29.9 Å². The van der Waals surface area contributed by atoms with Gasteiger partial charge in [-0.25, -0.2) is 0 Å². The van der Waals surface area contributed by atoms with Crippen molar-refractivity contribution in [3.8, 4) is 0 Å². The van der Waals surface area contributed by atoms with Crippen LogP contribution in [0.25, 0.3) is 0 Å². The molecule has 1 aromatic heterocycles. The molecule has 7 heteroatoms. The zero-order chi connectivity index (χ0) is 16.9. The summed E-state index contributed by atoms with van der Waals surface area (Å²) >= 11 is 6.65. The first-order chi connectivity index (χ1) is 11.6. The van der Waals surface area contributed by atoms with Gasteiger partial charge in [0.25, 0.3) is 5.91 Å². The van der Waals surface area contributed by atoms with Crippen LogP contribution in [0.4, 0.5) is 5.69 Å². The van der Waals surface area contributed by atoms with Gasteiger partial charge in [0, 0.05) is 34.8 Å². The van der Waals surface area contributed by atoms with Gasteiger partial charge in [-0.1, -0.05) is 12.1 Å². The Morgan fingerprint density at radius 2 is 1.83 bits per heavy atom. The molecule has 1 fully saturated rings. The van der Waals surface area contributed by atoms with Crippen LogP contribution in [0.15, 0.2) is 40.2 Å². The Hall–Kier alpha value is -1.31. The van der Waals surface area contributed by atoms with Gasteiger partial charge in [0.1, 0.15) is 4.88 Å². The maximum Gasteiger partial charge on any atom is 0.266 e. The van der Waals surface area contributed by atoms with Crippen LogP contribution in [-0.2, 0) is 11.2 Å². The van der Waals surface area contributed by atoms with E-state index in [9.17, 15) is 9.59 Å². The highest BCUT2D eigenvalue weighted by Gasteiger charge is 2.17. The highest BCUT2D eigenvalue weighted by Crippen LogP contribution is 2.24. The largest absolute Gasteiger partial charge is 0.341 e. The molecular weight excluding hydrogens is 408 g/mol. The predicted octanol–water partition coefficient (Wildman–Crippen LogP) is 3.88. The third kappa shape index (κ3) is 4.40. The molecule has 1 N–H and O–H groups in total. The number of halogens is 1. The van der Waals surface area contributed by atoms with Crippen LogP contribution in [0, 0.1) is 0 Å². The van der Waals surface area contributed by atoms with E-state index >= 15 is 0 Å². The normalized spacial score (nSPS) is 14.5. The van der Waals surface area contributed by atoms with Gasteiger partial charge in [-0.15, -0.1) is 11.3 Å². The Morgan fingerprint density at radius 3 is 2.46 bits per heavy atom. The fourth-order valence-electron chi connectivity index (χ4n) is 2.45. The fraction of sp³-hybridized carbons (Fsp3) is 0.294. The van der Waals surface area contributed by atoms with Crippen LogP contribution < -0.4 is 5.32 Å². The molecule has 0 radical (unpaired) electrons. The Morgan fingerprint density at radius 1 is 1.12 bits per heavy atom. The van der Waals surface area contributed by atoms with Crippen molar-refractivity contribution >= 4 is 56.5 Å². The van der Waals surface area contributed by atoms with Crippen LogP contribution in [-0.4, -0.2) is 41.3 Å². The zero-order valence-corrected chi connectivity index (χ0v) is 16.2. The molecule has 2 amide bonds. The molecule has 2 heterocycles. The Kier molecular flexibility index (Phi) is 5.97. The van der Waals surface area contributed by atoms with Gasteiger partial charge < -0.3 is 10.2 Å². The lowest BCUT2D eigenvalue weighted by Crippen LogP contribution is -2.38. The number of amides is 2. The third-order valence-electron chi connectivity index (χ3n) is 3.75. The highest BCUT2D eigenvalue weighted by molar-refractivity contribution is 9.10. The number of carbonyl (C=O) groups excluding carboxylic acids is 2. The molecule has 0 atom stereocenters. The summed E-state index contributed by atoms with van der Waals surface area (Å²) in [6.45, 7) is 1.68. The molecule has 1 aromatic carbocycles. The molecule has 1 aliphatic rings. The standard InChI is InChI=1S/C17H17BrN2O2S2/c18-14-5-8-24-16(14)17(22)19-13-3-1-12(2-4-13)11-15(21)20-6-9-23-10-7-20/h1-5,8H,6-7,9-11H2,(H,19,22). The first-order valence-electron chi connectivity index (χ1n) is 7.62. The van der Waals surface area contributed by atoms with Gasteiger partial charge in [0.05, 0.1) is 6.42 Å². The molecule has 0 bridgehead atoms. The lowest BCUT2D eigenvalue weighted by Gasteiger charge is -2.26. The number of thioether (sulfide) groups is 1. The second-order valence-corrected chi connectivity index (χ2v) is 8.41. The highest BCUT2D eigenvalue weighted by atomic mass is 79.9. The molecule has 0 unspecified atom stereocenters. The van der Waals surface area contributed by atoms with Crippen LogP contribution in [0.1, 0.15) is 15.2 Å². The molecule has 126 valence electrons. The number of carbonyl (C=O) groups is 2. The minimum absolute atomic E-state index is 0.133. The van der Waals surface area contributed by atoms with Crippen molar-refractivity contribution in [2.45, 2.75) is 6.42 Å². The van der Waals surface area contributed by atoms with E-state index in [4.69, 9.17) is 0 Å². The molecular formula is C17H17BrN2O2S2. The van der Waals surface area contributed by atoms with Crippen LogP contribution in [0.2, 0.25) is 0 Å². The maximum atomic E-state index is 12.3. The molecule has 0 spiro atoms. The van der Waals surface area contributed by atoms with Gasteiger partial charge in [-0.2, -0.15) is 11.8 Å². The summed E-state index contributed by atoms with van der Waals surface area (Å²) in [5.41, 5.74) is 1.69. The van der Waals surface area contributed by atoms with E-state index in [1.54, 1.807) is 0 Å². The summed E-state index contributed by atoms with van der Waals surface area (Å²) in [7, 11) is 0. The zero-order valence-electron chi connectivity index (χ0n) is 13.0. The van der Waals surface area contributed by atoms with Crippen LogP contribution in [0.3, 0.4) is 0 Å². The number of nitrogens with one attached hydrogen (secondary N) is 1. The van der Waals surface area contributed by atoms with Gasteiger partial charge in [-0.05, 0) is 45.1 Å².